The number of ether oxygens (including phenoxy) is 5. The molecule has 0 aromatic carbocycles. The molecule has 2 fully saturated rings. The molecule has 0 bridgehead atoms. The van der Waals surface area contributed by atoms with E-state index in [1.807, 2.05) is 4.90 Å². The maximum absolute atomic E-state index is 11.8. The lowest BCUT2D eigenvalue weighted by Crippen LogP contribution is -2.67. The number of thiocarbonyl (C=S) groups is 1. The van der Waals surface area contributed by atoms with Gasteiger partial charge in [0.1, 0.15) is 12.7 Å². The van der Waals surface area contributed by atoms with Crippen molar-refractivity contribution in [2.75, 3.05) is 19.7 Å². The van der Waals surface area contributed by atoms with Crippen LogP contribution in [0, 0.1) is 0 Å². The van der Waals surface area contributed by atoms with Crippen LogP contribution in [0.25, 0.3) is 0 Å². The smallest absolute Gasteiger partial charge is 0.303 e. The Morgan fingerprint density at radius 2 is 1.38 bits per heavy atom. The van der Waals surface area contributed by atoms with E-state index < -0.39 is 54.5 Å². The minimum absolute atomic E-state index is 0.285. The summed E-state index contributed by atoms with van der Waals surface area (Å²) in [5.74, 6) is -2.60. The third-order valence-corrected chi connectivity index (χ3v) is 5.28. The SMILES string of the molecule is CC(=O)OCC1OC(NC(=S)N2CCCCC2)C(OC(C)=O)C(OC(C)=O)C1OC(C)=O. The van der Waals surface area contributed by atoms with Crippen LogP contribution in [0.5, 0.6) is 0 Å². The van der Waals surface area contributed by atoms with Crippen LogP contribution >= 0.6 is 12.2 Å². The lowest BCUT2D eigenvalue weighted by atomic mass is 9.97. The highest BCUT2D eigenvalue weighted by Crippen LogP contribution is 2.28. The lowest BCUT2D eigenvalue weighted by Gasteiger charge is -2.45. The molecular weight excluding hydrogens is 444 g/mol. The summed E-state index contributed by atoms with van der Waals surface area (Å²) in [6, 6.07) is 0. The monoisotopic (exact) mass is 474 g/mol. The summed E-state index contributed by atoms with van der Waals surface area (Å²) < 4.78 is 27.2. The molecule has 2 rings (SSSR count). The van der Waals surface area contributed by atoms with Crippen LogP contribution < -0.4 is 5.32 Å². The van der Waals surface area contributed by atoms with Crippen molar-refractivity contribution >= 4 is 41.2 Å². The molecule has 2 aliphatic rings. The molecule has 5 atom stereocenters. The Labute approximate surface area is 192 Å². The standard InChI is InChI=1S/C20H30N2O9S/c1-11(23)27-10-15-16(28-12(2)24)17(29-13(3)25)18(30-14(4)26)19(31-15)21-20(32)22-8-6-5-7-9-22/h15-19H,5-10H2,1-4H3,(H,21,32). The van der Waals surface area contributed by atoms with Crippen molar-refractivity contribution in [2.45, 2.75) is 77.6 Å². The van der Waals surface area contributed by atoms with Gasteiger partial charge in [0.15, 0.2) is 29.7 Å². The van der Waals surface area contributed by atoms with E-state index >= 15 is 0 Å². The van der Waals surface area contributed by atoms with Crippen molar-refractivity contribution in [3.63, 3.8) is 0 Å². The summed E-state index contributed by atoms with van der Waals surface area (Å²) in [4.78, 5) is 48.8. The Balaban J connectivity index is 2.35. The van der Waals surface area contributed by atoms with Gasteiger partial charge in [-0.05, 0) is 31.5 Å². The zero-order valence-corrected chi connectivity index (χ0v) is 19.5. The van der Waals surface area contributed by atoms with Gasteiger partial charge in [-0.2, -0.15) is 0 Å². The van der Waals surface area contributed by atoms with Gasteiger partial charge in [-0.3, -0.25) is 19.2 Å². The Hall–Kier alpha value is -2.47. The summed E-state index contributed by atoms with van der Waals surface area (Å²) in [5, 5.41) is 3.40. The third-order valence-electron chi connectivity index (χ3n) is 4.90. The van der Waals surface area contributed by atoms with Crippen LogP contribution in [0.2, 0.25) is 0 Å². The highest BCUT2D eigenvalue weighted by molar-refractivity contribution is 7.80. The maximum atomic E-state index is 11.8. The van der Waals surface area contributed by atoms with E-state index in [1.54, 1.807) is 0 Å². The molecule has 2 aliphatic heterocycles. The second-order valence-electron chi connectivity index (χ2n) is 7.62. The molecule has 0 radical (unpaired) electrons. The summed E-state index contributed by atoms with van der Waals surface area (Å²) in [5.41, 5.74) is 0. The second-order valence-corrected chi connectivity index (χ2v) is 8.00. The van der Waals surface area contributed by atoms with Crippen LogP contribution in [-0.2, 0) is 42.9 Å². The molecule has 11 nitrogen and oxygen atoms in total. The fourth-order valence-electron chi connectivity index (χ4n) is 3.65. The predicted octanol–water partition coefficient (Wildman–Crippen LogP) is 0.430. The number of piperidine rings is 1. The van der Waals surface area contributed by atoms with Crippen molar-refractivity contribution in [1.29, 1.82) is 0 Å². The van der Waals surface area contributed by atoms with Gasteiger partial charge in [-0.25, -0.2) is 0 Å². The lowest BCUT2D eigenvalue weighted by molar-refractivity contribution is -0.255. The van der Waals surface area contributed by atoms with Crippen LogP contribution in [0.3, 0.4) is 0 Å². The largest absolute Gasteiger partial charge is 0.463 e. The molecule has 5 unspecified atom stereocenters. The number of esters is 4. The van der Waals surface area contributed by atoms with Gasteiger partial charge in [0.2, 0.25) is 0 Å². The van der Waals surface area contributed by atoms with E-state index in [0.717, 1.165) is 32.4 Å². The molecule has 1 N–H and O–H groups in total. The van der Waals surface area contributed by atoms with Gasteiger partial charge in [0.25, 0.3) is 0 Å². The molecule has 32 heavy (non-hydrogen) atoms. The highest BCUT2D eigenvalue weighted by atomic mass is 32.1. The van der Waals surface area contributed by atoms with Crippen molar-refractivity contribution in [3.05, 3.63) is 0 Å². The molecule has 0 saturated carbocycles. The topological polar surface area (TPSA) is 130 Å². The van der Waals surface area contributed by atoms with Crippen molar-refractivity contribution in [2.24, 2.45) is 0 Å². The fraction of sp³-hybridized carbons (Fsp3) is 0.750. The quantitative estimate of drug-likeness (QED) is 0.325. The van der Waals surface area contributed by atoms with Crippen molar-refractivity contribution in [3.8, 4) is 0 Å². The Kier molecular flexibility index (Phi) is 9.63. The number of hydrogen-bond donors (Lipinski definition) is 1. The fourth-order valence-corrected chi connectivity index (χ4v) is 3.95. The minimum atomic E-state index is -1.23. The molecule has 2 saturated heterocycles. The summed E-state index contributed by atoms with van der Waals surface area (Å²) in [7, 11) is 0. The number of nitrogens with zero attached hydrogens (tertiary/aromatic N) is 1. The number of likely N-dealkylation sites (tertiary alicyclic amines) is 1. The molecule has 0 aromatic heterocycles. The van der Waals surface area contributed by atoms with Gasteiger partial charge in [-0.15, -0.1) is 0 Å². The number of carbonyl (C=O) groups is 4. The number of carbonyl (C=O) groups excluding carboxylic acids is 4. The van der Waals surface area contributed by atoms with Gasteiger partial charge >= 0.3 is 23.9 Å². The zero-order valence-electron chi connectivity index (χ0n) is 18.7. The molecule has 12 heteroatoms. The maximum Gasteiger partial charge on any atom is 0.303 e. The third kappa shape index (κ3) is 7.59. The molecule has 180 valence electrons. The minimum Gasteiger partial charge on any atom is -0.463 e. The van der Waals surface area contributed by atoms with Gasteiger partial charge < -0.3 is 33.9 Å². The van der Waals surface area contributed by atoms with Gasteiger partial charge in [-0.1, -0.05) is 0 Å². The van der Waals surface area contributed by atoms with E-state index in [-0.39, 0.29) is 6.61 Å². The second kappa shape index (κ2) is 12.0. The first-order chi connectivity index (χ1) is 15.1. The van der Waals surface area contributed by atoms with Crippen LogP contribution in [0.1, 0.15) is 47.0 Å². The van der Waals surface area contributed by atoms with Crippen molar-refractivity contribution < 1.29 is 42.9 Å². The van der Waals surface area contributed by atoms with Crippen LogP contribution in [0.4, 0.5) is 0 Å². The first kappa shape index (κ1) is 25.8. The van der Waals surface area contributed by atoms with E-state index in [4.69, 9.17) is 35.9 Å². The van der Waals surface area contributed by atoms with E-state index in [9.17, 15) is 19.2 Å². The number of nitrogens with one attached hydrogen (secondary N) is 1. The predicted molar refractivity (Wildman–Crippen MR) is 113 cm³/mol. The summed E-state index contributed by atoms with van der Waals surface area (Å²) in [6.45, 7) is 5.99. The van der Waals surface area contributed by atoms with Crippen LogP contribution in [-0.4, -0.2) is 84.2 Å². The van der Waals surface area contributed by atoms with Gasteiger partial charge in [0.05, 0.1) is 0 Å². The first-order valence-electron chi connectivity index (χ1n) is 10.4. The number of hydrogen-bond acceptors (Lipinski definition) is 10. The molecular formula is C20H30N2O9S. The first-order valence-corrected chi connectivity index (χ1v) is 10.8. The highest BCUT2D eigenvalue weighted by Gasteiger charge is 2.52. The molecule has 2 heterocycles. The number of rotatable bonds is 6. The van der Waals surface area contributed by atoms with E-state index in [1.165, 1.54) is 27.7 Å². The molecule has 0 aliphatic carbocycles. The van der Waals surface area contributed by atoms with E-state index in [0.29, 0.717) is 5.11 Å². The molecule has 0 amide bonds. The Morgan fingerprint density at radius 3 is 1.91 bits per heavy atom. The summed E-state index contributed by atoms with van der Waals surface area (Å²) >= 11 is 5.51. The average Bonchev–Trinajstić information content (AvgIpc) is 2.70. The Bertz CT molecular complexity index is 726. The van der Waals surface area contributed by atoms with Gasteiger partial charge in [0, 0.05) is 40.8 Å². The van der Waals surface area contributed by atoms with E-state index in [2.05, 4.69) is 5.32 Å². The Morgan fingerprint density at radius 1 is 0.844 bits per heavy atom. The zero-order chi connectivity index (χ0) is 23.8. The normalized spacial score (nSPS) is 27.6. The summed E-state index contributed by atoms with van der Waals surface area (Å²) in [6.07, 6.45) is -2.58. The van der Waals surface area contributed by atoms with Crippen molar-refractivity contribution in [1.82, 2.24) is 10.2 Å². The average molecular weight is 475 g/mol. The molecule has 0 spiro atoms. The van der Waals surface area contributed by atoms with Crippen LogP contribution in [0.15, 0.2) is 0 Å². The molecule has 0 aromatic rings.